The lowest BCUT2D eigenvalue weighted by Gasteiger charge is -2.07. The molecular formula is C20H12ClF3N4O. The third kappa shape index (κ3) is 4.07. The van der Waals surface area contributed by atoms with Crippen LogP contribution in [0.25, 0.3) is 16.8 Å². The summed E-state index contributed by atoms with van der Waals surface area (Å²) in [4.78, 5) is 16.5. The van der Waals surface area contributed by atoms with E-state index in [1.54, 1.807) is 36.5 Å². The Bertz CT molecular complexity index is 1200. The fraction of sp³-hybridized carbons (Fsp3) is 0.0500. The maximum atomic E-state index is 12.7. The molecule has 0 spiro atoms. The Balaban J connectivity index is 1.58. The number of pyridine rings is 1. The van der Waals surface area contributed by atoms with Gasteiger partial charge in [0.15, 0.2) is 5.65 Å². The quantitative estimate of drug-likeness (QED) is 0.491. The largest absolute Gasteiger partial charge is 0.416 e. The van der Waals surface area contributed by atoms with Gasteiger partial charge in [0.2, 0.25) is 5.95 Å². The van der Waals surface area contributed by atoms with Gasteiger partial charge in [0.1, 0.15) is 0 Å². The molecule has 0 unspecified atom stereocenters. The number of aromatic nitrogens is 3. The summed E-state index contributed by atoms with van der Waals surface area (Å²) in [5.41, 5.74) is 1.36. The third-order valence-corrected chi connectivity index (χ3v) is 4.43. The highest BCUT2D eigenvalue weighted by Crippen LogP contribution is 2.31. The maximum Gasteiger partial charge on any atom is 0.416 e. The van der Waals surface area contributed by atoms with Crippen molar-refractivity contribution in [3.8, 4) is 11.1 Å². The second-order valence-electron chi connectivity index (χ2n) is 6.19. The Kier molecular flexibility index (Phi) is 4.71. The summed E-state index contributed by atoms with van der Waals surface area (Å²) >= 11 is 5.89. The Hall–Kier alpha value is -3.39. The van der Waals surface area contributed by atoms with Crippen molar-refractivity contribution in [2.75, 3.05) is 5.32 Å². The van der Waals surface area contributed by atoms with E-state index in [-0.39, 0.29) is 5.95 Å². The van der Waals surface area contributed by atoms with Crippen LogP contribution in [0, 0.1) is 0 Å². The van der Waals surface area contributed by atoms with Gasteiger partial charge in [0.25, 0.3) is 5.91 Å². The van der Waals surface area contributed by atoms with Crippen LogP contribution < -0.4 is 5.32 Å². The fourth-order valence-electron chi connectivity index (χ4n) is 2.77. The van der Waals surface area contributed by atoms with Gasteiger partial charge in [-0.2, -0.15) is 18.2 Å². The molecule has 29 heavy (non-hydrogen) atoms. The summed E-state index contributed by atoms with van der Waals surface area (Å²) in [6.07, 6.45) is -2.77. The van der Waals surface area contributed by atoms with Gasteiger partial charge in [-0.25, -0.2) is 4.52 Å². The molecule has 2 heterocycles. The van der Waals surface area contributed by atoms with E-state index in [0.717, 1.165) is 12.1 Å². The van der Waals surface area contributed by atoms with E-state index >= 15 is 0 Å². The Morgan fingerprint density at radius 1 is 1.00 bits per heavy atom. The van der Waals surface area contributed by atoms with Crippen LogP contribution >= 0.6 is 11.6 Å². The zero-order valence-corrected chi connectivity index (χ0v) is 15.4. The summed E-state index contributed by atoms with van der Waals surface area (Å²) in [6.45, 7) is 0. The highest BCUT2D eigenvalue weighted by molar-refractivity contribution is 6.31. The number of hydrogen-bond acceptors (Lipinski definition) is 3. The number of nitrogens with one attached hydrogen (secondary N) is 1. The average molecular weight is 417 g/mol. The van der Waals surface area contributed by atoms with E-state index in [4.69, 9.17) is 11.6 Å². The number of alkyl halides is 3. The smallest absolute Gasteiger partial charge is 0.289 e. The number of hydrogen-bond donors (Lipinski definition) is 1. The molecular weight excluding hydrogens is 405 g/mol. The lowest BCUT2D eigenvalue weighted by atomic mass is 10.0. The van der Waals surface area contributed by atoms with Crippen molar-refractivity contribution in [3.63, 3.8) is 0 Å². The summed E-state index contributed by atoms with van der Waals surface area (Å²) in [5.74, 6) is -0.314. The van der Waals surface area contributed by atoms with Crippen molar-refractivity contribution < 1.29 is 18.0 Å². The van der Waals surface area contributed by atoms with Crippen molar-refractivity contribution in [1.29, 1.82) is 0 Å². The molecule has 0 aliphatic rings. The molecule has 0 bridgehead atoms. The number of carbonyl (C=O) groups is 1. The molecule has 0 saturated heterocycles. The SMILES string of the molecule is O=C(Nc1nc2cc(-c3ccc(C(F)(F)F)cc3)ccn2n1)c1cccc(Cl)c1. The average Bonchev–Trinajstić information content (AvgIpc) is 3.08. The van der Waals surface area contributed by atoms with Crippen LogP contribution in [-0.4, -0.2) is 20.5 Å². The van der Waals surface area contributed by atoms with Crippen LogP contribution in [0.1, 0.15) is 15.9 Å². The lowest BCUT2D eigenvalue weighted by molar-refractivity contribution is -0.137. The van der Waals surface area contributed by atoms with Crippen molar-refractivity contribution in [2.45, 2.75) is 6.18 Å². The van der Waals surface area contributed by atoms with Crippen LogP contribution in [-0.2, 0) is 6.18 Å². The number of nitrogens with zero attached hydrogens (tertiary/aromatic N) is 3. The molecule has 0 aliphatic carbocycles. The third-order valence-electron chi connectivity index (χ3n) is 4.20. The molecule has 0 saturated carbocycles. The second kappa shape index (κ2) is 7.21. The Labute approximate surface area is 167 Å². The molecule has 0 fully saturated rings. The topological polar surface area (TPSA) is 59.3 Å². The molecule has 0 atom stereocenters. The van der Waals surface area contributed by atoms with E-state index in [2.05, 4.69) is 15.4 Å². The lowest BCUT2D eigenvalue weighted by Crippen LogP contribution is -2.12. The summed E-state index contributed by atoms with van der Waals surface area (Å²) in [5, 5.41) is 7.20. The highest BCUT2D eigenvalue weighted by Gasteiger charge is 2.30. The van der Waals surface area contributed by atoms with Gasteiger partial charge in [-0.15, -0.1) is 5.10 Å². The Morgan fingerprint density at radius 3 is 2.45 bits per heavy atom. The van der Waals surface area contributed by atoms with Crippen molar-refractivity contribution in [3.05, 3.63) is 83.0 Å². The van der Waals surface area contributed by atoms with Gasteiger partial charge >= 0.3 is 6.18 Å². The zero-order chi connectivity index (χ0) is 20.6. The molecule has 0 aliphatic heterocycles. The van der Waals surface area contributed by atoms with Crippen LogP contribution in [0.3, 0.4) is 0 Å². The summed E-state index contributed by atoms with van der Waals surface area (Å²) < 4.78 is 39.6. The normalized spacial score (nSPS) is 11.6. The predicted octanol–water partition coefficient (Wildman–Crippen LogP) is 5.32. The first-order chi connectivity index (χ1) is 13.8. The van der Waals surface area contributed by atoms with Crippen molar-refractivity contribution in [2.24, 2.45) is 0 Å². The highest BCUT2D eigenvalue weighted by atomic mass is 35.5. The van der Waals surface area contributed by atoms with E-state index in [1.165, 1.54) is 22.7 Å². The molecule has 4 rings (SSSR count). The van der Waals surface area contributed by atoms with Crippen LogP contribution in [0.4, 0.5) is 19.1 Å². The number of fused-ring (bicyclic) bond motifs is 1. The van der Waals surface area contributed by atoms with Crippen LogP contribution in [0.5, 0.6) is 0 Å². The van der Waals surface area contributed by atoms with Gasteiger partial charge in [0, 0.05) is 16.8 Å². The van der Waals surface area contributed by atoms with E-state index in [0.29, 0.717) is 27.4 Å². The molecule has 0 radical (unpaired) electrons. The monoisotopic (exact) mass is 416 g/mol. The van der Waals surface area contributed by atoms with E-state index in [9.17, 15) is 18.0 Å². The fourth-order valence-corrected chi connectivity index (χ4v) is 2.96. The molecule has 2 aromatic carbocycles. The van der Waals surface area contributed by atoms with Crippen LogP contribution in [0.15, 0.2) is 66.9 Å². The number of rotatable bonds is 3. The zero-order valence-electron chi connectivity index (χ0n) is 14.6. The second-order valence-corrected chi connectivity index (χ2v) is 6.63. The molecule has 146 valence electrons. The standard InChI is InChI=1S/C20H12ClF3N4O/c21-16-3-1-2-14(10-16)18(29)26-19-25-17-11-13(8-9-28(17)27-19)12-4-6-15(7-5-12)20(22,23)24/h1-11H,(H,26,27,29). The minimum absolute atomic E-state index is 0.0968. The maximum absolute atomic E-state index is 12.7. The van der Waals surface area contributed by atoms with Crippen LogP contribution in [0.2, 0.25) is 5.02 Å². The van der Waals surface area contributed by atoms with Gasteiger partial charge in [-0.3, -0.25) is 10.1 Å². The number of benzene rings is 2. The van der Waals surface area contributed by atoms with Gasteiger partial charge < -0.3 is 0 Å². The molecule has 4 aromatic rings. The first kappa shape index (κ1) is 18.9. The summed E-state index contributed by atoms with van der Waals surface area (Å²) in [7, 11) is 0. The number of amides is 1. The number of halogens is 4. The molecule has 5 nitrogen and oxygen atoms in total. The van der Waals surface area contributed by atoms with Crippen molar-refractivity contribution >= 4 is 29.1 Å². The minimum Gasteiger partial charge on any atom is -0.289 e. The summed E-state index contributed by atoms with van der Waals surface area (Å²) in [6, 6.07) is 14.7. The number of carbonyl (C=O) groups excluding carboxylic acids is 1. The molecule has 1 amide bonds. The van der Waals surface area contributed by atoms with Gasteiger partial charge in [-0.05, 0) is 53.6 Å². The van der Waals surface area contributed by atoms with E-state index < -0.39 is 17.6 Å². The molecule has 9 heteroatoms. The molecule has 2 aromatic heterocycles. The van der Waals surface area contributed by atoms with Crippen molar-refractivity contribution in [1.82, 2.24) is 14.6 Å². The number of anilines is 1. The first-order valence-corrected chi connectivity index (χ1v) is 8.78. The van der Waals surface area contributed by atoms with Gasteiger partial charge in [-0.1, -0.05) is 29.8 Å². The Morgan fingerprint density at radius 2 is 1.76 bits per heavy atom. The first-order valence-electron chi connectivity index (χ1n) is 8.40. The van der Waals surface area contributed by atoms with Gasteiger partial charge in [0.05, 0.1) is 5.56 Å². The van der Waals surface area contributed by atoms with E-state index in [1.807, 2.05) is 0 Å². The minimum atomic E-state index is -4.38. The molecule has 1 N–H and O–H groups in total. The predicted molar refractivity (Wildman–Crippen MR) is 103 cm³/mol.